The van der Waals surface area contributed by atoms with Crippen LogP contribution in [0.5, 0.6) is 0 Å². The third kappa shape index (κ3) is 5.34. The van der Waals surface area contributed by atoms with Gasteiger partial charge >= 0.3 is 0 Å². The van der Waals surface area contributed by atoms with Gasteiger partial charge in [0.15, 0.2) is 0 Å². The van der Waals surface area contributed by atoms with Crippen LogP contribution in [0.4, 0.5) is 0 Å². The van der Waals surface area contributed by atoms with Gasteiger partial charge in [-0.15, -0.1) is 0 Å². The Morgan fingerprint density at radius 1 is 1.00 bits per heavy atom. The van der Waals surface area contributed by atoms with E-state index in [4.69, 9.17) is 5.73 Å². The first kappa shape index (κ1) is 16.3. The SMILES string of the molecule is CC(CCN)CCCN1CCC(N2CCCCC2)CC1. The van der Waals surface area contributed by atoms with Crippen LogP contribution in [0, 0.1) is 5.92 Å². The Labute approximate surface area is 125 Å². The van der Waals surface area contributed by atoms with Crippen molar-refractivity contribution in [1.29, 1.82) is 0 Å². The molecule has 3 heteroatoms. The van der Waals surface area contributed by atoms with Crippen LogP contribution in [0.3, 0.4) is 0 Å². The molecule has 2 N–H and O–H groups in total. The van der Waals surface area contributed by atoms with Gasteiger partial charge in [0, 0.05) is 6.04 Å². The molecule has 0 radical (unpaired) electrons. The molecule has 0 spiro atoms. The summed E-state index contributed by atoms with van der Waals surface area (Å²) >= 11 is 0. The fourth-order valence-corrected chi connectivity index (χ4v) is 3.88. The molecule has 0 bridgehead atoms. The Morgan fingerprint density at radius 2 is 1.70 bits per heavy atom. The molecule has 1 unspecified atom stereocenters. The zero-order valence-corrected chi connectivity index (χ0v) is 13.5. The average Bonchev–Trinajstić information content (AvgIpc) is 2.49. The Balaban J connectivity index is 1.57. The zero-order chi connectivity index (χ0) is 14.2. The van der Waals surface area contributed by atoms with Crippen molar-refractivity contribution < 1.29 is 0 Å². The summed E-state index contributed by atoms with van der Waals surface area (Å²) in [6, 6.07) is 0.891. The Kier molecular flexibility index (Phi) is 7.32. The van der Waals surface area contributed by atoms with E-state index in [2.05, 4.69) is 16.7 Å². The molecule has 0 aromatic carbocycles. The van der Waals surface area contributed by atoms with Crippen LogP contribution in [0.2, 0.25) is 0 Å². The van der Waals surface area contributed by atoms with Crippen LogP contribution in [0.15, 0.2) is 0 Å². The molecule has 2 aliphatic heterocycles. The topological polar surface area (TPSA) is 32.5 Å². The summed E-state index contributed by atoms with van der Waals surface area (Å²) in [5.41, 5.74) is 5.62. The van der Waals surface area contributed by atoms with Gasteiger partial charge in [-0.05, 0) is 90.1 Å². The molecule has 0 amide bonds. The van der Waals surface area contributed by atoms with E-state index < -0.39 is 0 Å². The van der Waals surface area contributed by atoms with Crippen molar-refractivity contribution in [1.82, 2.24) is 9.80 Å². The molecule has 0 aromatic heterocycles. The fourth-order valence-electron chi connectivity index (χ4n) is 3.88. The standard InChI is InChI=1S/C17H35N3/c1-16(7-10-18)6-5-11-19-14-8-17(9-15-19)20-12-3-2-4-13-20/h16-17H,2-15,18H2,1H3. The Hall–Kier alpha value is -0.120. The molecule has 3 nitrogen and oxygen atoms in total. The first-order valence-corrected chi connectivity index (χ1v) is 8.96. The molecule has 2 fully saturated rings. The van der Waals surface area contributed by atoms with E-state index >= 15 is 0 Å². The lowest BCUT2D eigenvalue weighted by molar-refractivity contribution is 0.0913. The average molecular weight is 281 g/mol. The molecule has 2 rings (SSSR count). The van der Waals surface area contributed by atoms with Crippen LogP contribution >= 0.6 is 0 Å². The largest absolute Gasteiger partial charge is 0.330 e. The molecule has 1 atom stereocenters. The van der Waals surface area contributed by atoms with E-state index in [1.54, 1.807) is 0 Å². The Morgan fingerprint density at radius 3 is 2.35 bits per heavy atom. The summed E-state index contributed by atoms with van der Waals surface area (Å²) in [5.74, 6) is 0.811. The van der Waals surface area contributed by atoms with Crippen molar-refractivity contribution in [3.05, 3.63) is 0 Å². The third-order valence-corrected chi connectivity index (χ3v) is 5.29. The number of nitrogens with zero attached hydrogens (tertiary/aromatic N) is 2. The zero-order valence-electron chi connectivity index (χ0n) is 13.5. The molecular formula is C17H35N3. The highest BCUT2D eigenvalue weighted by Crippen LogP contribution is 2.21. The van der Waals surface area contributed by atoms with Crippen molar-refractivity contribution in [2.24, 2.45) is 11.7 Å². The van der Waals surface area contributed by atoms with E-state index in [1.807, 2.05) is 0 Å². The van der Waals surface area contributed by atoms with E-state index in [-0.39, 0.29) is 0 Å². The number of hydrogen-bond donors (Lipinski definition) is 1. The number of hydrogen-bond acceptors (Lipinski definition) is 3. The van der Waals surface area contributed by atoms with Gasteiger partial charge in [0.25, 0.3) is 0 Å². The summed E-state index contributed by atoms with van der Waals surface area (Å²) in [6.45, 7) is 9.88. The minimum absolute atomic E-state index is 0.811. The summed E-state index contributed by atoms with van der Waals surface area (Å²) in [7, 11) is 0. The van der Waals surface area contributed by atoms with E-state index in [0.717, 1.165) is 18.5 Å². The maximum absolute atomic E-state index is 5.62. The van der Waals surface area contributed by atoms with Crippen LogP contribution in [0.1, 0.15) is 58.3 Å². The predicted octanol–water partition coefficient (Wildman–Crippen LogP) is 2.70. The van der Waals surface area contributed by atoms with Gasteiger partial charge in [0.05, 0.1) is 0 Å². The first-order valence-electron chi connectivity index (χ1n) is 8.96. The van der Waals surface area contributed by atoms with Crippen LogP contribution in [0.25, 0.3) is 0 Å². The van der Waals surface area contributed by atoms with E-state index in [1.165, 1.54) is 84.1 Å². The maximum atomic E-state index is 5.62. The summed E-state index contributed by atoms with van der Waals surface area (Å²) in [5, 5.41) is 0. The predicted molar refractivity (Wildman–Crippen MR) is 87.0 cm³/mol. The molecule has 0 aromatic rings. The molecule has 2 heterocycles. The fraction of sp³-hybridized carbons (Fsp3) is 1.00. The van der Waals surface area contributed by atoms with Gasteiger partial charge in [0.1, 0.15) is 0 Å². The number of piperidine rings is 2. The second kappa shape index (κ2) is 9.01. The summed E-state index contributed by atoms with van der Waals surface area (Å²) in [4.78, 5) is 5.46. The lowest BCUT2D eigenvalue weighted by Crippen LogP contribution is -2.46. The first-order chi connectivity index (χ1) is 9.79. The molecular weight excluding hydrogens is 246 g/mol. The molecule has 0 aliphatic carbocycles. The number of likely N-dealkylation sites (tertiary alicyclic amines) is 2. The number of nitrogens with two attached hydrogens (primary N) is 1. The highest BCUT2D eigenvalue weighted by molar-refractivity contribution is 4.81. The lowest BCUT2D eigenvalue weighted by atomic mass is 9.98. The summed E-state index contributed by atoms with van der Waals surface area (Å²) < 4.78 is 0. The normalized spacial score (nSPS) is 24.9. The van der Waals surface area contributed by atoms with Gasteiger partial charge in [0.2, 0.25) is 0 Å². The van der Waals surface area contributed by atoms with Gasteiger partial charge in [-0.25, -0.2) is 0 Å². The minimum Gasteiger partial charge on any atom is -0.330 e. The molecule has 2 aliphatic rings. The third-order valence-electron chi connectivity index (χ3n) is 5.29. The smallest absolute Gasteiger partial charge is 0.0120 e. The highest BCUT2D eigenvalue weighted by atomic mass is 15.2. The van der Waals surface area contributed by atoms with E-state index in [9.17, 15) is 0 Å². The van der Waals surface area contributed by atoms with Crippen LogP contribution in [-0.4, -0.2) is 55.1 Å². The van der Waals surface area contributed by atoms with Gasteiger partial charge in [-0.3, -0.25) is 0 Å². The van der Waals surface area contributed by atoms with Crippen molar-refractivity contribution >= 4 is 0 Å². The molecule has 20 heavy (non-hydrogen) atoms. The summed E-state index contributed by atoms with van der Waals surface area (Å²) in [6.07, 6.45) is 11.0. The number of rotatable bonds is 7. The van der Waals surface area contributed by atoms with Gasteiger partial charge in [-0.2, -0.15) is 0 Å². The highest BCUT2D eigenvalue weighted by Gasteiger charge is 2.25. The van der Waals surface area contributed by atoms with Crippen molar-refractivity contribution in [3.63, 3.8) is 0 Å². The van der Waals surface area contributed by atoms with E-state index in [0.29, 0.717) is 0 Å². The quantitative estimate of drug-likeness (QED) is 0.779. The maximum Gasteiger partial charge on any atom is 0.0120 e. The molecule has 2 saturated heterocycles. The van der Waals surface area contributed by atoms with Gasteiger partial charge < -0.3 is 15.5 Å². The van der Waals surface area contributed by atoms with Gasteiger partial charge in [-0.1, -0.05) is 13.3 Å². The second-order valence-corrected chi connectivity index (χ2v) is 6.99. The van der Waals surface area contributed by atoms with Crippen LogP contribution in [-0.2, 0) is 0 Å². The van der Waals surface area contributed by atoms with Crippen LogP contribution < -0.4 is 5.73 Å². The molecule has 118 valence electrons. The van der Waals surface area contributed by atoms with Crippen molar-refractivity contribution in [2.45, 2.75) is 64.3 Å². The lowest BCUT2D eigenvalue weighted by Gasteiger charge is -2.40. The second-order valence-electron chi connectivity index (χ2n) is 6.99. The minimum atomic E-state index is 0.811. The Bertz CT molecular complexity index is 243. The van der Waals surface area contributed by atoms with Crippen molar-refractivity contribution in [2.75, 3.05) is 39.3 Å². The monoisotopic (exact) mass is 281 g/mol. The molecule has 0 saturated carbocycles. The van der Waals surface area contributed by atoms with Crippen molar-refractivity contribution in [3.8, 4) is 0 Å².